The molecule has 141 heavy (non-hydrogen) atoms. The van der Waals surface area contributed by atoms with Crippen LogP contribution in [0.2, 0.25) is 0 Å². The number of carbonyl (C=O) groups is 2. The van der Waals surface area contributed by atoms with Crippen molar-refractivity contribution in [1.29, 1.82) is 0 Å². The Bertz CT molecular complexity index is 5960. The van der Waals surface area contributed by atoms with Crippen LogP contribution in [0.25, 0.3) is 67.0 Å². The molecule has 24 unspecified atom stereocenters. The normalized spacial score (nSPS) is 27.4. The first-order chi connectivity index (χ1) is 67.5. The average molecular weight is 2040 g/mol. The maximum absolute atomic E-state index is 14.0. The predicted molar refractivity (Wildman–Crippen MR) is 476 cm³/mol. The van der Waals surface area contributed by atoms with E-state index < -0.39 is 200 Å². The van der Waals surface area contributed by atoms with Gasteiger partial charge in [-0.2, -0.15) is 7.11 Å². The number of nitrogens with zero attached hydrogens (tertiary/aromatic N) is 21. The molecule has 8 aromatic heterocycles. The summed E-state index contributed by atoms with van der Waals surface area (Å²) in [6, 6.07) is 17.2. The molecule has 0 spiro atoms. The fraction of sp³-hybridized carbons (Fsp3) is 0.466. The first kappa shape index (κ1) is 109. The van der Waals surface area contributed by atoms with Crippen molar-refractivity contribution < 1.29 is 161 Å². The van der Waals surface area contributed by atoms with Gasteiger partial charge in [-0.15, -0.1) is 67.2 Å². The van der Waals surface area contributed by atoms with E-state index in [4.69, 9.17) is 69.2 Å². The van der Waals surface area contributed by atoms with Gasteiger partial charge in [-0.1, -0.05) is 69.1 Å². The summed E-state index contributed by atoms with van der Waals surface area (Å²) in [7, 11) is 5.11. The fourth-order valence-corrected chi connectivity index (χ4v) is 20.7. The number of aliphatic hydroxyl groups is 5. The summed E-state index contributed by atoms with van der Waals surface area (Å²) < 4.78 is 195. The van der Waals surface area contributed by atoms with E-state index in [2.05, 4.69) is 82.5 Å². The van der Waals surface area contributed by atoms with Crippen LogP contribution in [0.15, 0.2) is 146 Å². The van der Waals surface area contributed by atoms with Gasteiger partial charge >= 0.3 is 41.5 Å². The van der Waals surface area contributed by atoms with Crippen molar-refractivity contribution in [2.45, 2.75) is 157 Å². The second-order valence-corrected chi connectivity index (χ2v) is 36.2. The third-order valence-corrected chi connectivity index (χ3v) is 27.7. The molecule has 6 aliphatic heterocycles. The van der Waals surface area contributed by atoms with Crippen molar-refractivity contribution in [1.82, 2.24) is 89.9 Å². The van der Waals surface area contributed by atoms with Crippen molar-refractivity contribution in [2.24, 2.45) is 17.0 Å². The monoisotopic (exact) mass is 2040 g/mol. The third-order valence-electron chi connectivity index (χ3n) is 23.4. The second-order valence-electron chi connectivity index (χ2n) is 32.2. The van der Waals surface area contributed by atoms with E-state index >= 15 is 0 Å². The van der Waals surface area contributed by atoms with Crippen molar-refractivity contribution in [3.63, 3.8) is 0 Å². The van der Waals surface area contributed by atoms with Crippen LogP contribution in [0, 0.1) is 76.5 Å². The number of aliphatic hydroxyl groups excluding tert-OH is 5. The first-order valence-corrected chi connectivity index (χ1v) is 45.9. The molecule has 5 N–H and O–H groups in total. The zero-order valence-electron chi connectivity index (χ0n) is 76.5. The molecule has 0 amide bonds. The molecule has 0 bridgehead atoms. The Kier molecular flexibility index (Phi) is 39.6. The molecular formula is C88H95F9N21NaO19S3. The van der Waals surface area contributed by atoms with Crippen LogP contribution < -0.4 is 34.7 Å². The number of ether oxygens (including phenoxy) is 11. The number of aromatic nitrogens is 18. The van der Waals surface area contributed by atoms with Crippen LogP contribution in [-0.2, 0) is 61.7 Å². The summed E-state index contributed by atoms with van der Waals surface area (Å²) in [5.41, 5.74) is 9.65. The Morgan fingerprint density at radius 3 is 1.14 bits per heavy atom. The molecule has 3 aromatic carbocycles. The third kappa shape index (κ3) is 26.2. The molecule has 40 nitrogen and oxygen atoms in total. The van der Waals surface area contributed by atoms with Gasteiger partial charge in [0.1, 0.15) is 112 Å². The van der Waals surface area contributed by atoms with Crippen LogP contribution >= 0.6 is 35.3 Å². The topological polar surface area (TPSA) is 501 Å². The van der Waals surface area contributed by atoms with Crippen LogP contribution in [0.3, 0.4) is 0 Å². The molecule has 0 saturated carbocycles. The van der Waals surface area contributed by atoms with E-state index in [1.165, 1.54) is 108 Å². The number of hydrogen-bond donors (Lipinski definition) is 5. The molecule has 6 fully saturated rings. The maximum Gasteiger partial charge on any atom is 1.00 e. The number of carbonyl (C=O) groups excluding carboxylic acids is 2. The van der Waals surface area contributed by atoms with Crippen molar-refractivity contribution in [2.75, 3.05) is 87.9 Å². The Hall–Kier alpha value is -10.6. The molecule has 6 saturated heterocycles. The first-order valence-electron chi connectivity index (χ1n) is 43.0. The van der Waals surface area contributed by atoms with Gasteiger partial charge < -0.3 is 82.7 Å². The fourth-order valence-electron chi connectivity index (χ4n) is 16.2. The van der Waals surface area contributed by atoms with E-state index in [1.54, 1.807) is 59.9 Å². The summed E-state index contributed by atoms with van der Waals surface area (Å²) in [5.74, 6) is -12.3. The molecule has 748 valence electrons. The van der Waals surface area contributed by atoms with Crippen LogP contribution in [-0.4, -0.2) is 314 Å². The molecule has 6 aliphatic rings. The minimum atomic E-state index is -1.61. The number of hydrogen-bond acceptors (Lipinski definition) is 36. The van der Waals surface area contributed by atoms with Crippen LogP contribution in [0.1, 0.15) is 63.6 Å². The predicted octanol–water partition coefficient (Wildman–Crippen LogP) is 4.67. The molecular weight excluding hydrogens is 1950 g/mol. The Morgan fingerprint density at radius 2 is 0.809 bits per heavy atom. The quantitative estimate of drug-likeness (QED) is 0.00758. The summed E-state index contributed by atoms with van der Waals surface area (Å²) in [6.45, 7) is 6.51. The Morgan fingerprint density at radius 1 is 0.475 bits per heavy atom. The molecule has 14 heterocycles. The number of benzene rings is 3. The summed E-state index contributed by atoms with van der Waals surface area (Å²) in [5, 5.41) is 106. The minimum Gasteiger partial charge on any atom is -0.857 e. The number of halogens is 9. The van der Waals surface area contributed by atoms with Gasteiger partial charge in [-0.05, 0) is 78.3 Å². The van der Waals surface area contributed by atoms with E-state index in [1.807, 2.05) is 44.2 Å². The number of methoxy groups -OCH3 is 3. The Balaban J connectivity index is 0.000000180. The second kappa shape index (κ2) is 51.1. The van der Waals surface area contributed by atoms with Crippen LogP contribution in [0.4, 0.5) is 39.5 Å². The van der Waals surface area contributed by atoms with Gasteiger partial charge in [-0.3, -0.25) is 19.6 Å². The summed E-state index contributed by atoms with van der Waals surface area (Å²) in [4.78, 5) is 38.5. The van der Waals surface area contributed by atoms with Gasteiger partial charge in [0.25, 0.3) is 0 Å². The standard InChI is InChI=1S/C30H32F3N7O6S.C27H28F3N7O6S.C23H27F3N6O6S.C7H5N.CH3O.Na/c1-15-24(13-45-16(2)41)46-30(29(43-3)27(15)40-10-21(35-38-40)17-8-18(31)26(33)19(32)9-17)47-25-14-44-12-23(28(25)42)39-11-22(36-37-39)20-6-4-5-7-34-20;1-41-26-23(37-8-17(32-35-37)13-6-14(28)22(30)15(29)7-13)25(40)20(10-38)43-27(26)44-21-12-42-11-19(24(21)39)36-9-18(33-34-36)16-4-2-3-5-31-16;1-10-17(8-37-11(2)33)38-23(39-18-9-36-7-16(21(18)34)28-30-27)22(35-3)20(10)32-6-15(29-31-32)12-4-13(24)19(26)14(25)5-12;1-2-7-5-3-4-6-8-7;1-2;/h4-11,15,23-25,27-30,42H,12-14H2,1-3H3;2-9,19-21,23-27,38-40H,10-12H2,1H3;4-6,10,16-18,20-23,34H,7-9H2,1-3H3;1,3-6H;1H3;/q;;;;-1;+1. The molecule has 24 atom stereocenters. The number of azide groups is 1. The SMILES string of the molecule is C#Cc1ccccn1.COC1C(SC2COCC(N=[N+]=[N-])C2O)OC(COC(C)=O)C(C)C1n1cc(-c2cc(F)c(F)c(F)c2)nn1.COC1C(SC2COCC(n3cc(-c4ccccn4)nn3)C2O)OC(CO)C(O)C1n1cc(-c2cc(F)c(F)c(F)c2)nn1.COC1C(SC2COCC(n3cc(-c4ccccn4)nn3)C2O)OC(COC(C)=O)C(C)C1n1cc(-c2cc(F)c(F)c(F)c2)nn1.C[O-].[Na+]. The van der Waals surface area contributed by atoms with E-state index in [9.17, 15) is 74.6 Å². The zero-order chi connectivity index (χ0) is 100. The minimum absolute atomic E-state index is 0. The van der Waals surface area contributed by atoms with Crippen molar-refractivity contribution >= 4 is 47.2 Å². The maximum atomic E-state index is 14.0. The zero-order valence-corrected chi connectivity index (χ0v) is 81.0. The van der Waals surface area contributed by atoms with Gasteiger partial charge in [0, 0.05) is 87.2 Å². The number of esters is 2. The number of terminal acetylenes is 1. The molecule has 53 heteroatoms. The molecule has 17 rings (SSSR count). The molecule has 0 radical (unpaired) electrons. The van der Waals surface area contributed by atoms with Gasteiger partial charge in [-0.25, -0.2) is 67.9 Å². The summed E-state index contributed by atoms with van der Waals surface area (Å²) >= 11 is 3.69. The number of rotatable bonds is 25. The van der Waals surface area contributed by atoms with E-state index in [-0.39, 0.29) is 128 Å². The molecule has 11 aromatic rings. The number of thioether (sulfide) groups is 3. The average Bonchev–Trinajstić information content (AvgIpc) is 1.36. The summed E-state index contributed by atoms with van der Waals surface area (Å²) in [6.07, 6.45) is 8.77. The van der Waals surface area contributed by atoms with Gasteiger partial charge in [0.2, 0.25) is 0 Å². The van der Waals surface area contributed by atoms with Crippen molar-refractivity contribution in [3.05, 3.63) is 209 Å². The molecule has 0 aliphatic carbocycles. The Labute approximate surface area is 833 Å². The smallest absolute Gasteiger partial charge is 0.857 e. The van der Waals surface area contributed by atoms with Gasteiger partial charge in [0.15, 0.2) is 52.4 Å². The van der Waals surface area contributed by atoms with Crippen molar-refractivity contribution in [3.8, 4) is 68.9 Å². The largest absolute Gasteiger partial charge is 1.00 e. The van der Waals surface area contributed by atoms with E-state index in [0.717, 1.165) is 43.5 Å². The van der Waals surface area contributed by atoms with E-state index in [0.29, 0.717) is 28.5 Å². The number of pyridine rings is 3. The van der Waals surface area contributed by atoms with Gasteiger partial charge in [0.05, 0.1) is 153 Å². The van der Waals surface area contributed by atoms with Crippen LogP contribution in [0.5, 0.6) is 0 Å².